The number of carbonyl (C=O) groups is 2. The fraction of sp³-hybridized carbons (Fsp3) is 0.273. The summed E-state index contributed by atoms with van der Waals surface area (Å²) in [5.41, 5.74) is 1.14. The number of anilines is 1. The molecular formula is C22H23Cl2N5O2S. The van der Waals surface area contributed by atoms with E-state index in [1.807, 2.05) is 20.9 Å². The molecule has 2 N–H and O–H groups in total. The second kappa shape index (κ2) is 10.8. The van der Waals surface area contributed by atoms with Crippen LogP contribution in [0.3, 0.4) is 0 Å². The van der Waals surface area contributed by atoms with E-state index in [4.69, 9.17) is 23.2 Å². The van der Waals surface area contributed by atoms with Gasteiger partial charge in [-0.15, -0.1) is 10.2 Å². The van der Waals surface area contributed by atoms with Crippen LogP contribution >= 0.6 is 35.0 Å². The lowest BCUT2D eigenvalue weighted by atomic mass is 10.0. The first kappa shape index (κ1) is 24.1. The maximum absolute atomic E-state index is 12.7. The van der Waals surface area contributed by atoms with Crippen LogP contribution in [0.5, 0.6) is 0 Å². The number of carbonyl (C=O) groups excluding carboxylic acids is 2. The molecule has 3 aromatic rings. The van der Waals surface area contributed by atoms with Gasteiger partial charge in [0.2, 0.25) is 5.91 Å². The number of hydrogen-bond donors (Lipinski definition) is 2. The Hall–Kier alpha value is -2.55. The molecule has 0 aliphatic rings. The number of benzene rings is 2. The molecule has 32 heavy (non-hydrogen) atoms. The van der Waals surface area contributed by atoms with Crippen LogP contribution in [0.4, 0.5) is 5.69 Å². The number of thioether (sulfide) groups is 1. The lowest BCUT2D eigenvalue weighted by molar-refractivity contribution is -0.113. The summed E-state index contributed by atoms with van der Waals surface area (Å²) in [7, 11) is 1.82. The molecule has 0 bridgehead atoms. The van der Waals surface area contributed by atoms with Crippen molar-refractivity contribution in [2.45, 2.75) is 25.0 Å². The number of aromatic nitrogens is 3. The molecule has 0 fully saturated rings. The van der Waals surface area contributed by atoms with Crippen molar-refractivity contribution in [2.75, 3.05) is 11.1 Å². The van der Waals surface area contributed by atoms with E-state index in [2.05, 4.69) is 20.8 Å². The van der Waals surface area contributed by atoms with Crippen molar-refractivity contribution >= 4 is 52.5 Å². The lowest BCUT2D eigenvalue weighted by Gasteiger charge is -2.21. The third-order valence-corrected chi connectivity index (χ3v) is 6.15. The molecule has 0 saturated heterocycles. The van der Waals surface area contributed by atoms with E-state index in [1.54, 1.807) is 53.1 Å². The third-order valence-electron chi connectivity index (χ3n) is 4.65. The summed E-state index contributed by atoms with van der Waals surface area (Å²) in [6.45, 7) is 3.99. The van der Waals surface area contributed by atoms with Gasteiger partial charge >= 0.3 is 0 Å². The van der Waals surface area contributed by atoms with E-state index in [0.717, 1.165) is 0 Å². The van der Waals surface area contributed by atoms with Crippen molar-refractivity contribution < 1.29 is 9.59 Å². The molecule has 0 spiro atoms. The third kappa shape index (κ3) is 6.25. The van der Waals surface area contributed by atoms with Gasteiger partial charge in [0.1, 0.15) is 0 Å². The Labute approximate surface area is 200 Å². The normalized spacial score (nSPS) is 11.9. The minimum Gasteiger partial charge on any atom is -0.342 e. The van der Waals surface area contributed by atoms with Gasteiger partial charge < -0.3 is 15.2 Å². The molecule has 0 unspecified atom stereocenters. The summed E-state index contributed by atoms with van der Waals surface area (Å²) < 4.78 is 1.80. The molecule has 2 aromatic carbocycles. The van der Waals surface area contributed by atoms with Crippen LogP contribution in [-0.2, 0) is 11.8 Å². The smallest absolute Gasteiger partial charge is 0.251 e. The van der Waals surface area contributed by atoms with Gasteiger partial charge in [0.25, 0.3) is 5.91 Å². The predicted octanol–water partition coefficient (Wildman–Crippen LogP) is 4.98. The molecule has 0 radical (unpaired) electrons. The molecule has 0 aliphatic carbocycles. The Kier molecular flexibility index (Phi) is 8.17. The maximum Gasteiger partial charge on any atom is 0.251 e. The molecule has 1 atom stereocenters. The summed E-state index contributed by atoms with van der Waals surface area (Å²) in [5, 5.41) is 16.0. The summed E-state index contributed by atoms with van der Waals surface area (Å²) in [4.78, 5) is 25.0. The van der Waals surface area contributed by atoms with E-state index in [9.17, 15) is 9.59 Å². The summed E-state index contributed by atoms with van der Waals surface area (Å²) >= 11 is 13.1. The average Bonchev–Trinajstić information content (AvgIpc) is 3.10. The molecule has 10 heteroatoms. The predicted molar refractivity (Wildman–Crippen MR) is 128 cm³/mol. The topological polar surface area (TPSA) is 88.9 Å². The second-order valence-electron chi connectivity index (χ2n) is 7.45. The summed E-state index contributed by atoms with van der Waals surface area (Å²) in [6, 6.07) is 13.3. The molecule has 1 aromatic heterocycles. The first-order valence-electron chi connectivity index (χ1n) is 9.88. The minimum atomic E-state index is -0.356. The molecule has 0 aliphatic heterocycles. The highest BCUT2D eigenvalue weighted by Gasteiger charge is 2.25. The van der Waals surface area contributed by atoms with Crippen LogP contribution < -0.4 is 10.6 Å². The van der Waals surface area contributed by atoms with Crippen LogP contribution in [-0.4, -0.2) is 32.3 Å². The zero-order chi connectivity index (χ0) is 23.3. The minimum absolute atomic E-state index is 0.0677. The Morgan fingerprint density at radius 3 is 2.44 bits per heavy atom. The van der Waals surface area contributed by atoms with Gasteiger partial charge in [0.15, 0.2) is 11.0 Å². The standard InChI is InChI=1S/C22H23Cl2N5O2S/c1-13(2)19(26-21(31)14-7-9-15(23)10-8-14)20-27-28-22(29(20)3)32-12-18(30)25-17-6-4-5-16(24)11-17/h4-11,13,19H,12H2,1-3H3,(H,25,30)(H,26,31)/t19-/m0/s1. The number of nitrogens with one attached hydrogen (secondary N) is 2. The van der Waals surface area contributed by atoms with E-state index in [-0.39, 0.29) is 29.5 Å². The van der Waals surface area contributed by atoms with E-state index >= 15 is 0 Å². The lowest BCUT2D eigenvalue weighted by Crippen LogP contribution is -2.33. The monoisotopic (exact) mass is 491 g/mol. The van der Waals surface area contributed by atoms with Crippen LogP contribution in [0, 0.1) is 5.92 Å². The fourth-order valence-corrected chi connectivity index (χ4v) is 4.01. The number of nitrogens with zero attached hydrogens (tertiary/aromatic N) is 3. The van der Waals surface area contributed by atoms with Crippen LogP contribution in [0.15, 0.2) is 53.7 Å². The van der Waals surface area contributed by atoms with E-state index < -0.39 is 0 Å². The maximum atomic E-state index is 12.7. The van der Waals surface area contributed by atoms with Crippen molar-refractivity contribution in [1.29, 1.82) is 0 Å². The van der Waals surface area contributed by atoms with Crippen molar-refractivity contribution in [3.05, 3.63) is 70.0 Å². The Balaban J connectivity index is 1.66. The zero-order valence-electron chi connectivity index (χ0n) is 17.8. The summed E-state index contributed by atoms with van der Waals surface area (Å²) in [6.07, 6.45) is 0. The quantitative estimate of drug-likeness (QED) is 0.433. The highest BCUT2D eigenvalue weighted by molar-refractivity contribution is 7.99. The second-order valence-corrected chi connectivity index (χ2v) is 9.26. The molecule has 7 nitrogen and oxygen atoms in total. The van der Waals surface area contributed by atoms with Gasteiger partial charge in [0, 0.05) is 28.3 Å². The van der Waals surface area contributed by atoms with Crippen molar-refractivity contribution in [2.24, 2.45) is 13.0 Å². The average molecular weight is 492 g/mol. The SMILES string of the molecule is CC(C)[C@H](NC(=O)c1ccc(Cl)cc1)c1nnc(SCC(=O)Nc2cccc(Cl)c2)n1C. The Bertz CT molecular complexity index is 1100. The molecule has 3 rings (SSSR count). The zero-order valence-corrected chi connectivity index (χ0v) is 20.1. The van der Waals surface area contributed by atoms with Gasteiger partial charge in [0.05, 0.1) is 11.8 Å². The number of hydrogen-bond acceptors (Lipinski definition) is 5. The number of amides is 2. The molecule has 168 valence electrons. The largest absolute Gasteiger partial charge is 0.342 e. The van der Waals surface area contributed by atoms with E-state index in [1.165, 1.54) is 11.8 Å². The molecular weight excluding hydrogens is 469 g/mol. The van der Waals surface area contributed by atoms with E-state index in [0.29, 0.717) is 32.3 Å². The molecule has 2 amide bonds. The van der Waals surface area contributed by atoms with Crippen LogP contribution in [0.2, 0.25) is 10.0 Å². The van der Waals surface area contributed by atoms with Crippen LogP contribution in [0.1, 0.15) is 36.1 Å². The molecule has 1 heterocycles. The van der Waals surface area contributed by atoms with Gasteiger partial charge in [-0.3, -0.25) is 9.59 Å². The van der Waals surface area contributed by atoms with Gasteiger partial charge in [-0.25, -0.2) is 0 Å². The van der Waals surface area contributed by atoms with Crippen LogP contribution in [0.25, 0.3) is 0 Å². The first-order valence-corrected chi connectivity index (χ1v) is 11.6. The van der Waals surface area contributed by atoms with Gasteiger partial charge in [-0.05, 0) is 48.4 Å². The van der Waals surface area contributed by atoms with Crippen molar-refractivity contribution in [3.8, 4) is 0 Å². The van der Waals surface area contributed by atoms with Crippen molar-refractivity contribution in [3.63, 3.8) is 0 Å². The van der Waals surface area contributed by atoms with Gasteiger partial charge in [-0.1, -0.05) is 54.9 Å². The fourth-order valence-electron chi connectivity index (χ4n) is 2.97. The molecule has 0 saturated carbocycles. The summed E-state index contributed by atoms with van der Waals surface area (Å²) in [5.74, 6) is 0.428. The first-order chi connectivity index (χ1) is 15.2. The Morgan fingerprint density at radius 2 is 1.78 bits per heavy atom. The highest BCUT2D eigenvalue weighted by atomic mass is 35.5. The van der Waals surface area contributed by atoms with Crippen molar-refractivity contribution in [1.82, 2.24) is 20.1 Å². The highest BCUT2D eigenvalue weighted by Crippen LogP contribution is 2.25. The number of rotatable bonds is 8. The Morgan fingerprint density at radius 1 is 1.06 bits per heavy atom. The number of halogens is 2. The van der Waals surface area contributed by atoms with Gasteiger partial charge in [-0.2, -0.15) is 0 Å².